The van der Waals surface area contributed by atoms with Crippen LogP contribution in [0.2, 0.25) is 0 Å². The van der Waals surface area contributed by atoms with E-state index in [1.807, 2.05) is 24.3 Å². The monoisotopic (exact) mass is 524 g/mol. The van der Waals surface area contributed by atoms with Crippen molar-refractivity contribution in [2.24, 2.45) is 0 Å². The van der Waals surface area contributed by atoms with E-state index >= 15 is 0 Å². The molecule has 37 heavy (non-hydrogen) atoms. The molecule has 5 rings (SSSR count). The molecule has 1 saturated heterocycles. The zero-order chi connectivity index (χ0) is 25.9. The summed E-state index contributed by atoms with van der Waals surface area (Å²) in [5.74, 6) is 1.85. The van der Waals surface area contributed by atoms with Crippen LogP contribution in [0.3, 0.4) is 0 Å². The summed E-state index contributed by atoms with van der Waals surface area (Å²) in [6.07, 6.45) is -0.164. The number of hydrogen-bond donors (Lipinski definition) is 2. The first-order valence-electron chi connectivity index (χ1n) is 12.7. The molecule has 0 bridgehead atoms. The van der Waals surface area contributed by atoms with Gasteiger partial charge in [-0.1, -0.05) is 0 Å². The maximum absolute atomic E-state index is 12.8. The van der Waals surface area contributed by atoms with Crippen molar-refractivity contribution in [3.8, 4) is 17.2 Å². The molecule has 0 amide bonds. The first-order chi connectivity index (χ1) is 18.0. The molecule has 8 nitrogen and oxygen atoms in total. The van der Waals surface area contributed by atoms with Crippen LogP contribution in [0.4, 0.5) is 5.69 Å². The smallest absolute Gasteiger partial charge is 0.190 e. The highest BCUT2D eigenvalue weighted by molar-refractivity contribution is 7.99. The van der Waals surface area contributed by atoms with Gasteiger partial charge in [0.2, 0.25) is 0 Å². The molecular weight excluding hydrogens is 492 g/mol. The van der Waals surface area contributed by atoms with E-state index in [4.69, 9.17) is 18.9 Å². The van der Waals surface area contributed by atoms with Crippen LogP contribution in [0, 0.1) is 0 Å². The number of aromatic nitrogens is 1. The van der Waals surface area contributed by atoms with E-state index in [9.17, 15) is 15.0 Å². The Morgan fingerprint density at radius 3 is 2.73 bits per heavy atom. The highest BCUT2D eigenvalue weighted by atomic mass is 32.2. The van der Waals surface area contributed by atoms with Crippen molar-refractivity contribution in [1.82, 2.24) is 4.98 Å². The standard InChI is InChI=1S/C28H32N2O6S/c1-3-30(4-2)17-6-9-22-25(12-17)36-26-15-23(32)20-8-7-19(14-21(20)27(26)29-22)34-10-5-11-37-28-24(33)13-18(31)16-35-28/h6-9,12,14-15,18,24,28,31,33H,3-5,10-11,13,16H2,1-2H3/t18-,24?,28+/m0/s1. The molecule has 1 aliphatic carbocycles. The number of hydrogen-bond acceptors (Lipinski definition) is 9. The normalized spacial score (nSPS) is 20.1. The van der Waals surface area contributed by atoms with Gasteiger partial charge in [-0.05, 0) is 56.4 Å². The first-order valence-corrected chi connectivity index (χ1v) is 13.8. The number of benzene rings is 3. The van der Waals surface area contributed by atoms with Gasteiger partial charge in [0.25, 0.3) is 0 Å². The topological polar surface area (TPSA) is 105 Å². The third-order valence-corrected chi connectivity index (χ3v) is 7.95. The summed E-state index contributed by atoms with van der Waals surface area (Å²) in [6.45, 7) is 6.73. The molecule has 3 atom stereocenters. The molecule has 2 N–H and O–H groups in total. The van der Waals surface area contributed by atoms with Gasteiger partial charge in [-0.2, -0.15) is 0 Å². The number of aliphatic hydroxyl groups excluding tert-OH is 2. The third kappa shape index (κ3) is 5.55. The lowest BCUT2D eigenvalue weighted by Gasteiger charge is -2.30. The lowest BCUT2D eigenvalue weighted by Crippen LogP contribution is -2.39. The molecule has 9 heteroatoms. The Balaban J connectivity index is 1.33. The maximum Gasteiger partial charge on any atom is 0.190 e. The summed E-state index contributed by atoms with van der Waals surface area (Å²) in [7, 11) is 0. The summed E-state index contributed by atoms with van der Waals surface area (Å²) in [6, 6.07) is 12.9. The van der Waals surface area contributed by atoms with E-state index in [0.717, 1.165) is 36.5 Å². The minimum Gasteiger partial charge on any atom is -0.494 e. The van der Waals surface area contributed by atoms with E-state index in [0.29, 0.717) is 46.6 Å². The molecule has 2 heterocycles. The number of thioether (sulfide) groups is 1. The van der Waals surface area contributed by atoms with Gasteiger partial charge in [-0.3, -0.25) is 4.79 Å². The molecule has 1 fully saturated rings. The van der Waals surface area contributed by atoms with Gasteiger partial charge in [0, 0.05) is 48.1 Å². The van der Waals surface area contributed by atoms with Crippen molar-refractivity contribution in [2.45, 2.75) is 44.3 Å². The van der Waals surface area contributed by atoms with Crippen LogP contribution in [-0.2, 0) is 4.74 Å². The predicted molar refractivity (Wildman–Crippen MR) is 147 cm³/mol. The van der Waals surface area contributed by atoms with Crippen LogP contribution in [0.25, 0.3) is 33.3 Å². The van der Waals surface area contributed by atoms with Crippen LogP contribution in [-0.4, -0.2) is 64.9 Å². The molecule has 3 aliphatic rings. The average Bonchev–Trinajstić information content (AvgIpc) is 2.89. The summed E-state index contributed by atoms with van der Waals surface area (Å²) in [5, 5.41) is 20.9. The number of fused-ring (bicyclic) bond motifs is 4. The minimum atomic E-state index is -0.664. The van der Waals surface area contributed by atoms with Crippen molar-refractivity contribution in [3.05, 3.63) is 52.7 Å². The van der Waals surface area contributed by atoms with Gasteiger partial charge in [0.1, 0.15) is 22.4 Å². The third-order valence-electron chi connectivity index (χ3n) is 6.65. The van der Waals surface area contributed by atoms with E-state index in [1.54, 1.807) is 12.1 Å². The molecule has 2 aromatic rings. The van der Waals surface area contributed by atoms with Gasteiger partial charge in [0.15, 0.2) is 16.8 Å². The Kier molecular flexibility index (Phi) is 7.85. The van der Waals surface area contributed by atoms with Crippen molar-refractivity contribution < 1.29 is 24.1 Å². The molecule has 0 radical (unpaired) electrons. The number of rotatable bonds is 9. The van der Waals surface area contributed by atoms with Crippen molar-refractivity contribution >= 4 is 39.3 Å². The van der Waals surface area contributed by atoms with E-state index in [2.05, 4.69) is 18.7 Å². The fourth-order valence-corrected chi connectivity index (χ4v) is 5.72. The molecule has 196 valence electrons. The highest BCUT2D eigenvalue weighted by Gasteiger charge is 2.28. The van der Waals surface area contributed by atoms with Crippen LogP contribution in [0.1, 0.15) is 26.7 Å². The number of ether oxygens (including phenoxy) is 2. The quantitative estimate of drug-likeness (QED) is 0.189. The molecule has 1 unspecified atom stereocenters. The lowest BCUT2D eigenvalue weighted by molar-refractivity contribution is -0.0868. The second-order valence-electron chi connectivity index (χ2n) is 9.20. The van der Waals surface area contributed by atoms with Gasteiger partial charge in [-0.25, -0.2) is 4.98 Å². The highest BCUT2D eigenvalue weighted by Crippen LogP contribution is 2.33. The largest absolute Gasteiger partial charge is 0.494 e. The first kappa shape index (κ1) is 25.8. The Morgan fingerprint density at radius 2 is 1.95 bits per heavy atom. The Labute approximate surface area is 219 Å². The summed E-state index contributed by atoms with van der Waals surface area (Å²) in [4.78, 5) is 19.9. The summed E-state index contributed by atoms with van der Waals surface area (Å²) in [5.41, 5.74) is 2.62. The van der Waals surface area contributed by atoms with Crippen LogP contribution in [0.15, 0.2) is 51.7 Å². The Hall–Kier alpha value is -2.85. The van der Waals surface area contributed by atoms with Gasteiger partial charge < -0.3 is 29.0 Å². The lowest BCUT2D eigenvalue weighted by atomic mass is 10.0. The van der Waals surface area contributed by atoms with Gasteiger partial charge in [0.05, 0.1) is 25.4 Å². The van der Waals surface area contributed by atoms with Gasteiger partial charge in [-0.15, -0.1) is 11.8 Å². The average molecular weight is 525 g/mol. The van der Waals surface area contributed by atoms with Crippen LogP contribution < -0.4 is 15.1 Å². The number of anilines is 1. The van der Waals surface area contributed by atoms with Crippen molar-refractivity contribution in [3.63, 3.8) is 0 Å². The fourth-order valence-electron chi connectivity index (χ4n) is 4.70. The van der Waals surface area contributed by atoms with Crippen LogP contribution in [0.5, 0.6) is 5.75 Å². The zero-order valence-electron chi connectivity index (χ0n) is 21.1. The summed E-state index contributed by atoms with van der Waals surface area (Å²) >= 11 is 1.53. The molecule has 0 aromatic heterocycles. The maximum atomic E-state index is 12.8. The molecule has 2 aliphatic heterocycles. The minimum absolute atomic E-state index is 0.119. The van der Waals surface area contributed by atoms with E-state index in [-0.39, 0.29) is 17.5 Å². The van der Waals surface area contributed by atoms with Crippen molar-refractivity contribution in [2.75, 3.05) is 37.0 Å². The predicted octanol–water partition coefficient (Wildman–Crippen LogP) is 4.26. The number of aliphatic hydroxyl groups is 2. The van der Waals surface area contributed by atoms with E-state index < -0.39 is 12.2 Å². The summed E-state index contributed by atoms with van der Waals surface area (Å²) < 4.78 is 17.6. The fraction of sp³-hybridized carbons (Fsp3) is 0.429. The van der Waals surface area contributed by atoms with Gasteiger partial charge >= 0.3 is 0 Å². The number of nitrogens with zero attached hydrogens (tertiary/aromatic N) is 2. The second kappa shape index (κ2) is 11.3. The SMILES string of the molecule is CCN(CC)c1ccc2nc3c4cc(OCCCS[C@H]5OC[C@@H](O)CC5O)ccc4c(=O)cc-3oc2c1. The molecule has 2 aromatic carbocycles. The Bertz CT molecular complexity index is 1400. The van der Waals surface area contributed by atoms with Crippen LogP contribution >= 0.6 is 11.8 Å². The molecule has 0 spiro atoms. The molecular formula is C28H32N2O6S. The Morgan fingerprint density at radius 1 is 1.11 bits per heavy atom. The van der Waals surface area contributed by atoms with Crippen molar-refractivity contribution in [1.29, 1.82) is 0 Å². The second-order valence-corrected chi connectivity index (χ2v) is 10.4. The molecule has 0 saturated carbocycles. The van der Waals surface area contributed by atoms with E-state index in [1.165, 1.54) is 17.8 Å². The zero-order valence-corrected chi connectivity index (χ0v) is 21.9.